The molecule has 1 aliphatic carbocycles. The van der Waals surface area contributed by atoms with Gasteiger partial charge in [-0.2, -0.15) is 0 Å². The first-order valence-corrected chi connectivity index (χ1v) is 8.22. The van der Waals surface area contributed by atoms with E-state index in [4.69, 9.17) is 0 Å². The Hall–Kier alpha value is -3.20. The van der Waals surface area contributed by atoms with Crippen LogP contribution in [0.1, 0.15) is 27.6 Å². The second kappa shape index (κ2) is 5.71. The van der Waals surface area contributed by atoms with Gasteiger partial charge in [0.05, 0.1) is 0 Å². The third-order valence-corrected chi connectivity index (χ3v) is 4.72. The molecular weight excluding hydrogens is 310 g/mol. The number of ketones is 2. The van der Waals surface area contributed by atoms with Crippen molar-refractivity contribution in [2.75, 3.05) is 5.32 Å². The molecule has 3 nitrogen and oxygen atoms in total. The van der Waals surface area contributed by atoms with Crippen molar-refractivity contribution >= 4 is 17.3 Å². The summed E-state index contributed by atoms with van der Waals surface area (Å²) in [4.78, 5) is 25.8. The number of hydrogen-bond donors (Lipinski definition) is 1. The number of nitrogens with one attached hydrogen (secondary N) is 1. The molecule has 3 aromatic rings. The third-order valence-electron chi connectivity index (χ3n) is 4.72. The fourth-order valence-electron chi connectivity index (χ4n) is 3.37. The molecule has 0 amide bonds. The molecule has 0 fully saturated rings. The Morgan fingerprint density at radius 2 is 1.12 bits per heavy atom. The van der Waals surface area contributed by atoms with Crippen molar-refractivity contribution in [1.29, 1.82) is 0 Å². The first kappa shape index (κ1) is 15.3. The zero-order valence-corrected chi connectivity index (χ0v) is 13.8. The van der Waals surface area contributed by atoms with Crippen molar-refractivity contribution in [3.63, 3.8) is 0 Å². The summed E-state index contributed by atoms with van der Waals surface area (Å²) in [5.41, 5.74) is 2.45. The molecule has 0 unspecified atom stereocenters. The summed E-state index contributed by atoms with van der Waals surface area (Å²) in [5.74, 6) is -0.369. The van der Waals surface area contributed by atoms with Crippen LogP contribution < -0.4 is 5.32 Å². The lowest BCUT2D eigenvalue weighted by atomic mass is 9.94. The molecule has 0 heterocycles. The minimum atomic E-state index is -1.28. The molecule has 3 heteroatoms. The number of hydrogen-bond acceptors (Lipinski definition) is 3. The quantitative estimate of drug-likeness (QED) is 0.715. The lowest BCUT2D eigenvalue weighted by Crippen LogP contribution is -2.46. The first-order valence-electron chi connectivity index (χ1n) is 8.22. The SMILES string of the molecule is CC1(Nc2ccccc2-c2ccccc2)C(=O)c2ccccc2C1=O. The number of anilines is 1. The number of para-hydroxylation sites is 1. The van der Waals surface area contributed by atoms with Gasteiger partial charge >= 0.3 is 0 Å². The highest BCUT2D eigenvalue weighted by atomic mass is 16.2. The summed E-state index contributed by atoms with van der Waals surface area (Å²) >= 11 is 0. The average molecular weight is 327 g/mol. The third kappa shape index (κ3) is 2.36. The molecule has 0 aromatic heterocycles. The highest BCUT2D eigenvalue weighted by molar-refractivity contribution is 6.34. The Bertz CT molecular complexity index is 941. The predicted octanol–water partition coefficient (Wildman–Crippen LogP) is 4.60. The monoisotopic (exact) mass is 327 g/mol. The van der Waals surface area contributed by atoms with Crippen LogP contribution in [0.4, 0.5) is 5.69 Å². The van der Waals surface area contributed by atoms with Crippen LogP contribution >= 0.6 is 0 Å². The molecule has 0 atom stereocenters. The van der Waals surface area contributed by atoms with Gasteiger partial charge in [0.25, 0.3) is 0 Å². The highest BCUT2D eigenvalue weighted by Gasteiger charge is 2.49. The van der Waals surface area contributed by atoms with E-state index in [9.17, 15) is 9.59 Å². The lowest BCUT2D eigenvalue weighted by molar-refractivity contribution is 0.0835. The number of carbonyl (C=O) groups is 2. The van der Waals surface area contributed by atoms with Crippen LogP contribution in [0, 0.1) is 0 Å². The second-order valence-corrected chi connectivity index (χ2v) is 6.37. The van der Waals surface area contributed by atoms with Gasteiger partial charge in [-0.1, -0.05) is 72.8 Å². The Morgan fingerprint density at radius 3 is 1.72 bits per heavy atom. The maximum Gasteiger partial charge on any atom is 0.196 e. The summed E-state index contributed by atoms with van der Waals surface area (Å²) in [6, 6.07) is 24.6. The zero-order valence-electron chi connectivity index (χ0n) is 13.8. The summed E-state index contributed by atoms with van der Waals surface area (Å²) in [6.07, 6.45) is 0. The van der Waals surface area contributed by atoms with Gasteiger partial charge in [0.1, 0.15) is 0 Å². The van der Waals surface area contributed by atoms with E-state index in [1.165, 1.54) is 0 Å². The normalized spacial score (nSPS) is 15.1. The average Bonchev–Trinajstić information content (AvgIpc) is 2.85. The topological polar surface area (TPSA) is 46.2 Å². The van der Waals surface area contributed by atoms with Crippen molar-refractivity contribution < 1.29 is 9.59 Å². The minimum absolute atomic E-state index is 0.184. The molecule has 1 aliphatic rings. The molecule has 0 bridgehead atoms. The molecule has 0 saturated heterocycles. The molecule has 4 rings (SSSR count). The van der Waals surface area contributed by atoms with Crippen molar-refractivity contribution in [2.24, 2.45) is 0 Å². The van der Waals surface area contributed by atoms with Gasteiger partial charge in [-0.3, -0.25) is 9.59 Å². The van der Waals surface area contributed by atoms with E-state index in [2.05, 4.69) is 5.32 Å². The van der Waals surface area contributed by atoms with E-state index in [0.717, 1.165) is 16.8 Å². The van der Waals surface area contributed by atoms with E-state index in [1.807, 2.05) is 54.6 Å². The molecule has 1 N–H and O–H groups in total. The number of rotatable bonds is 3. The summed E-state index contributed by atoms with van der Waals surface area (Å²) in [7, 11) is 0. The van der Waals surface area contributed by atoms with E-state index in [1.54, 1.807) is 31.2 Å². The fraction of sp³-hybridized carbons (Fsp3) is 0.0909. The maximum absolute atomic E-state index is 12.9. The van der Waals surface area contributed by atoms with Crippen LogP contribution in [-0.2, 0) is 0 Å². The van der Waals surface area contributed by atoms with Crippen molar-refractivity contribution in [2.45, 2.75) is 12.5 Å². The summed E-state index contributed by atoms with van der Waals surface area (Å²) < 4.78 is 0. The maximum atomic E-state index is 12.9. The number of Topliss-reactive ketones (excluding diaryl/α,β-unsaturated/α-hetero) is 2. The first-order chi connectivity index (χ1) is 12.1. The summed E-state index contributed by atoms with van der Waals surface area (Å²) in [6.45, 7) is 1.67. The molecule has 0 spiro atoms. The minimum Gasteiger partial charge on any atom is -0.366 e. The molecule has 0 saturated carbocycles. The molecule has 0 aliphatic heterocycles. The van der Waals surface area contributed by atoms with Gasteiger partial charge in [-0.05, 0) is 18.6 Å². The van der Waals surface area contributed by atoms with Crippen LogP contribution in [0.2, 0.25) is 0 Å². The Labute approximate surface area is 146 Å². The zero-order chi connectivity index (χ0) is 17.4. The van der Waals surface area contributed by atoms with Crippen LogP contribution in [-0.4, -0.2) is 17.1 Å². The Balaban J connectivity index is 1.77. The molecular formula is C22H17NO2. The summed E-state index contributed by atoms with van der Waals surface area (Å²) in [5, 5.41) is 3.23. The molecule has 0 radical (unpaired) electrons. The van der Waals surface area contributed by atoms with Gasteiger partial charge in [-0.25, -0.2) is 0 Å². The second-order valence-electron chi connectivity index (χ2n) is 6.37. The molecule has 122 valence electrons. The van der Waals surface area contributed by atoms with Crippen LogP contribution in [0.25, 0.3) is 11.1 Å². The fourth-order valence-corrected chi connectivity index (χ4v) is 3.37. The van der Waals surface area contributed by atoms with E-state index < -0.39 is 5.54 Å². The van der Waals surface area contributed by atoms with Crippen LogP contribution in [0.5, 0.6) is 0 Å². The molecule has 3 aromatic carbocycles. The number of fused-ring (bicyclic) bond motifs is 1. The Morgan fingerprint density at radius 1 is 0.640 bits per heavy atom. The number of carbonyl (C=O) groups excluding carboxylic acids is 2. The van der Waals surface area contributed by atoms with Crippen molar-refractivity contribution in [1.82, 2.24) is 0 Å². The van der Waals surface area contributed by atoms with Crippen molar-refractivity contribution in [3.8, 4) is 11.1 Å². The van der Waals surface area contributed by atoms with E-state index in [0.29, 0.717) is 11.1 Å². The molecule has 25 heavy (non-hydrogen) atoms. The van der Waals surface area contributed by atoms with Gasteiger partial charge in [0, 0.05) is 22.4 Å². The van der Waals surface area contributed by atoms with Crippen molar-refractivity contribution in [3.05, 3.63) is 90.0 Å². The van der Waals surface area contributed by atoms with Gasteiger partial charge in [0.2, 0.25) is 0 Å². The van der Waals surface area contributed by atoms with Gasteiger partial charge in [-0.15, -0.1) is 0 Å². The largest absolute Gasteiger partial charge is 0.366 e. The lowest BCUT2D eigenvalue weighted by Gasteiger charge is -2.25. The van der Waals surface area contributed by atoms with Gasteiger partial charge < -0.3 is 5.32 Å². The Kier molecular flexibility index (Phi) is 3.50. The van der Waals surface area contributed by atoms with Crippen LogP contribution in [0.15, 0.2) is 78.9 Å². The smallest absolute Gasteiger partial charge is 0.196 e. The highest BCUT2D eigenvalue weighted by Crippen LogP contribution is 2.36. The predicted molar refractivity (Wildman–Crippen MR) is 99.0 cm³/mol. The van der Waals surface area contributed by atoms with Crippen LogP contribution in [0.3, 0.4) is 0 Å². The van der Waals surface area contributed by atoms with E-state index in [-0.39, 0.29) is 11.6 Å². The standard InChI is InChI=1S/C22H17NO2/c1-22(20(24)17-12-5-6-13-18(17)21(22)25)23-19-14-8-7-11-16(19)15-9-3-2-4-10-15/h2-14,23H,1H3. The number of benzene rings is 3. The van der Waals surface area contributed by atoms with Gasteiger partial charge in [0.15, 0.2) is 17.1 Å². The van der Waals surface area contributed by atoms with E-state index >= 15 is 0 Å².